The summed E-state index contributed by atoms with van der Waals surface area (Å²) in [6.45, 7) is 4.83. The minimum atomic E-state index is -3.81. The Labute approximate surface area is 118 Å². The van der Waals surface area contributed by atoms with Crippen molar-refractivity contribution in [3.8, 4) is 0 Å². The van der Waals surface area contributed by atoms with Crippen molar-refractivity contribution >= 4 is 15.7 Å². The molecule has 0 spiro atoms. The van der Waals surface area contributed by atoms with E-state index >= 15 is 0 Å². The van der Waals surface area contributed by atoms with Crippen LogP contribution in [-0.2, 0) is 10.0 Å². The molecular weight excluding hydrogens is 280 g/mol. The zero-order valence-electron chi connectivity index (χ0n) is 11.5. The van der Waals surface area contributed by atoms with Gasteiger partial charge in [0.2, 0.25) is 10.0 Å². The van der Waals surface area contributed by atoms with Crippen LogP contribution in [0.25, 0.3) is 0 Å². The van der Waals surface area contributed by atoms with Crippen molar-refractivity contribution in [2.45, 2.75) is 25.2 Å². The van der Waals surface area contributed by atoms with Crippen LogP contribution in [-0.4, -0.2) is 30.7 Å². The first kappa shape index (κ1) is 14.9. The van der Waals surface area contributed by atoms with Crippen molar-refractivity contribution in [3.63, 3.8) is 0 Å². The van der Waals surface area contributed by atoms with Gasteiger partial charge >= 0.3 is 0 Å². The molecule has 20 heavy (non-hydrogen) atoms. The molecule has 1 saturated heterocycles. The highest BCUT2D eigenvalue weighted by Crippen LogP contribution is 2.30. The number of hydrogen-bond acceptors (Lipinski definition) is 4. The van der Waals surface area contributed by atoms with Crippen molar-refractivity contribution in [1.82, 2.24) is 4.31 Å². The zero-order valence-corrected chi connectivity index (χ0v) is 12.3. The van der Waals surface area contributed by atoms with Gasteiger partial charge in [-0.1, -0.05) is 26.0 Å². The quantitative estimate of drug-likeness (QED) is 0.633. The Morgan fingerprint density at radius 2 is 1.75 bits per heavy atom. The normalized spacial score (nSPS) is 24.5. The smallest absolute Gasteiger partial charge is 0.258 e. The molecular formula is C13H18N2O4S. The molecule has 1 aromatic carbocycles. The summed E-state index contributed by atoms with van der Waals surface area (Å²) in [5, 5.41) is 11.0. The van der Waals surface area contributed by atoms with E-state index in [0.29, 0.717) is 13.1 Å². The van der Waals surface area contributed by atoms with Crippen LogP contribution >= 0.6 is 0 Å². The van der Waals surface area contributed by atoms with Gasteiger partial charge in [0.15, 0.2) is 4.90 Å². The lowest BCUT2D eigenvalue weighted by Crippen LogP contribution is -2.42. The number of nitro groups is 1. The van der Waals surface area contributed by atoms with E-state index in [0.717, 1.165) is 6.42 Å². The van der Waals surface area contributed by atoms with Gasteiger partial charge in [0.1, 0.15) is 0 Å². The molecule has 1 aromatic rings. The zero-order chi connectivity index (χ0) is 14.9. The summed E-state index contributed by atoms with van der Waals surface area (Å²) in [4.78, 5) is 10.1. The Hall–Kier alpha value is -1.47. The number of sulfonamides is 1. The average molecular weight is 298 g/mol. The van der Waals surface area contributed by atoms with Gasteiger partial charge < -0.3 is 0 Å². The van der Waals surface area contributed by atoms with Crippen molar-refractivity contribution in [3.05, 3.63) is 34.4 Å². The maximum Gasteiger partial charge on any atom is 0.289 e. The molecule has 1 aliphatic heterocycles. The van der Waals surface area contributed by atoms with E-state index < -0.39 is 14.9 Å². The molecule has 0 aromatic heterocycles. The first-order valence-corrected chi connectivity index (χ1v) is 8.00. The van der Waals surface area contributed by atoms with Crippen LogP contribution in [0.15, 0.2) is 29.2 Å². The molecule has 1 aliphatic rings. The fourth-order valence-corrected chi connectivity index (χ4v) is 4.60. The number of nitro benzene ring substituents is 1. The van der Waals surface area contributed by atoms with Gasteiger partial charge in [0, 0.05) is 19.2 Å². The second-order valence-electron chi connectivity index (χ2n) is 5.49. The summed E-state index contributed by atoms with van der Waals surface area (Å²) < 4.78 is 26.6. The number of hydrogen-bond donors (Lipinski definition) is 0. The molecule has 110 valence electrons. The second kappa shape index (κ2) is 5.49. The Bertz CT molecular complexity index is 605. The molecule has 2 rings (SSSR count). The fraction of sp³-hybridized carbons (Fsp3) is 0.538. The van der Waals surface area contributed by atoms with Crippen molar-refractivity contribution in [2.24, 2.45) is 11.8 Å². The molecule has 1 fully saturated rings. The van der Waals surface area contributed by atoms with Crippen LogP contribution in [0, 0.1) is 22.0 Å². The maximum absolute atomic E-state index is 12.6. The highest BCUT2D eigenvalue weighted by atomic mass is 32.2. The molecule has 7 heteroatoms. The summed E-state index contributed by atoms with van der Waals surface area (Å²) in [5.74, 6) is 0.521. The highest BCUT2D eigenvalue weighted by Gasteiger charge is 2.35. The lowest BCUT2D eigenvalue weighted by atomic mass is 9.94. The van der Waals surface area contributed by atoms with Gasteiger partial charge in [-0.25, -0.2) is 8.42 Å². The van der Waals surface area contributed by atoms with Gasteiger partial charge in [-0.05, 0) is 24.3 Å². The van der Waals surface area contributed by atoms with Crippen LogP contribution in [0.4, 0.5) is 5.69 Å². The van der Waals surface area contributed by atoms with E-state index in [4.69, 9.17) is 0 Å². The van der Waals surface area contributed by atoms with Crippen LogP contribution in [0.1, 0.15) is 20.3 Å². The summed E-state index contributed by atoms with van der Waals surface area (Å²) >= 11 is 0. The van der Waals surface area contributed by atoms with Gasteiger partial charge in [-0.15, -0.1) is 0 Å². The molecule has 0 radical (unpaired) electrons. The van der Waals surface area contributed by atoms with E-state index in [9.17, 15) is 18.5 Å². The minimum absolute atomic E-state index is 0.216. The largest absolute Gasteiger partial charge is 0.289 e. The lowest BCUT2D eigenvalue weighted by Gasteiger charge is -2.33. The molecule has 0 saturated carbocycles. The number of nitrogens with zero attached hydrogens (tertiary/aromatic N) is 2. The van der Waals surface area contributed by atoms with Gasteiger partial charge in [0.25, 0.3) is 5.69 Å². The Balaban J connectivity index is 2.43. The molecule has 0 unspecified atom stereocenters. The van der Waals surface area contributed by atoms with Gasteiger partial charge in [-0.3, -0.25) is 10.1 Å². The van der Waals surface area contributed by atoms with E-state index in [1.54, 1.807) is 0 Å². The highest BCUT2D eigenvalue weighted by molar-refractivity contribution is 7.89. The van der Waals surface area contributed by atoms with E-state index in [1.165, 1.54) is 28.6 Å². The number of para-hydroxylation sites is 1. The monoisotopic (exact) mass is 298 g/mol. The third kappa shape index (κ3) is 2.83. The van der Waals surface area contributed by atoms with Crippen LogP contribution in [0.5, 0.6) is 0 Å². The maximum atomic E-state index is 12.6. The molecule has 0 N–H and O–H groups in total. The number of rotatable bonds is 3. The van der Waals surface area contributed by atoms with E-state index in [-0.39, 0.29) is 22.4 Å². The van der Waals surface area contributed by atoms with Gasteiger partial charge in [0.05, 0.1) is 4.92 Å². The van der Waals surface area contributed by atoms with Crippen LogP contribution in [0.2, 0.25) is 0 Å². The van der Waals surface area contributed by atoms with Crippen LogP contribution in [0.3, 0.4) is 0 Å². The second-order valence-corrected chi connectivity index (χ2v) is 7.40. The lowest BCUT2D eigenvalue weighted by molar-refractivity contribution is -0.387. The van der Waals surface area contributed by atoms with E-state index in [1.807, 2.05) is 13.8 Å². The molecule has 0 bridgehead atoms. The average Bonchev–Trinajstić information content (AvgIpc) is 2.37. The predicted octanol–water partition coefficient (Wildman–Crippen LogP) is 2.26. The Morgan fingerprint density at radius 1 is 1.20 bits per heavy atom. The third-order valence-electron chi connectivity index (χ3n) is 3.52. The van der Waals surface area contributed by atoms with Crippen LogP contribution < -0.4 is 0 Å². The van der Waals surface area contributed by atoms with Crippen molar-refractivity contribution in [2.75, 3.05) is 13.1 Å². The van der Waals surface area contributed by atoms with Crippen molar-refractivity contribution in [1.29, 1.82) is 0 Å². The first-order chi connectivity index (χ1) is 9.32. The summed E-state index contributed by atoms with van der Waals surface area (Å²) in [6.07, 6.45) is 0.975. The summed E-state index contributed by atoms with van der Waals surface area (Å²) in [5.41, 5.74) is -0.363. The SMILES string of the molecule is C[C@@H]1C[C@H](C)CN(S(=O)(=O)c2ccccc2[N+](=O)[O-])C1. The van der Waals surface area contributed by atoms with E-state index in [2.05, 4.69) is 0 Å². The minimum Gasteiger partial charge on any atom is -0.258 e. The Morgan fingerprint density at radius 3 is 2.30 bits per heavy atom. The summed E-state index contributed by atoms with van der Waals surface area (Å²) in [7, 11) is -3.81. The topological polar surface area (TPSA) is 80.5 Å². The Kier molecular flexibility index (Phi) is 4.10. The first-order valence-electron chi connectivity index (χ1n) is 6.56. The standard InChI is InChI=1S/C13H18N2O4S/c1-10-7-11(2)9-14(8-10)20(18,19)13-6-4-3-5-12(13)15(16)17/h3-6,10-11H,7-9H2,1-2H3/t10-,11+. The fourth-order valence-electron chi connectivity index (χ4n) is 2.77. The molecule has 0 aliphatic carbocycles. The molecule has 1 heterocycles. The molecule has 0 amide bonds. The summed E-state index contributed by atoms with van der Waals surface area (Å²) in [6, 6.07) is 5.51. The number of benzene rings is 1. The molecule has 2 atom stereocenters. The van der Waals surface area contributed by atoms with Crippen molar-refractivity contribution < 1.29 is 13.3 Å². The van der Waals surface area contributed by atoms with Gasteiger partial charge in [-0.2, -0.15) is 4.31 Å². The predicted molar refractivity (Wildman–Crippen MR) is 74.8 cm³/mol. The third-order valence-corrected chi connectivity index (χ3v) is 5.39. The molecule has 6 nitrogen and oxygen atoms in total. The number of piperidine rings is 1.